The van der Waals surface area contributed by atoms with E-state index < -0.39 is 0 Å². The summed E-state index contributed by atoms with van der Waals surface area (Å²) in [6.45, 7) is 0. The largest absolute Gasteiger partial charge is 0.456 e. The minimum absolute atomic E-state index is 0.00157. The number of para-hydroxylation sites is 1. The predicted molar refractivity (Wildman–Crippen MR) is 209 cm³/mol. The van der Waals surface area contributed by atoms with Gasteiger partial charge in [0.1, 0.15) is 22.3 Å². The molecular weight excluding hydrogens is 647 g/mol. The first-order valence-electron chi connectivity index (χ1n) is 19.4. The molecule has 0 bridgehead atoms. The molecule has 11 rings (SSSR count). The van der Waals surface area contributed by atoms with Crippen molar-refractivity contribution < 1.29 is 17.1 Å². The van der Waals surface area contributed by atoms with Crippen LogP contribution >= 0.6 is 11.3 Å². The van der Waals surface area contributed by atoms with Gasteiger partial charge < -0.3 is 8.83 Å². The Kier molecular flexibility index (Phi) is 4.91. The topological polar surface area (TPSA) is 65.0 Å². The molecule has 0 atom stereocenters. The van der Waals surface area contributed by atoms with Crippen molar-refractivity contribution in [3.63, 3.8) is 0 Å². The molecule has 5 nitrogen and oxygen atoms in total. The summed E-state index contributed by atoms with van der Waals surface area (Å²) in [5.74, 6) is 0.583. The van der Waals surface area contributed by atoms with Crippen LogP contribution in [-0.4, -0.2) is 15.0 Å². The van der Waals surface area contributed by atoms with Crippen LogP contribution in [0, 0.1) is 0 Å². The molecule has 51 heavy (non-hydrogen) atoms. The number of hydrogen-bond acceptors (Lipinski definition) is 6. The molecule has 0 amide bonds. The first-order chi connectivity index (χ1) is 27.7. The lowest BCUT2D eigenvalue weighted by atomic mass is 9.98. The van der Waals surface area contributed by atoms with E-state index in [0.29, 0.717) is 33.7 Å². The number of nitrogens with zero attached hydrogens (tertiary/aromatic N) is 3. The van der Waals surface area contributed by atoms with E-state index in [4.69, 9.17) is 27.9 Å². The molecule has 6 heteroatoms. The van der Waals surface area contributed by atoms with Gasteiger partial charge in [0, 0.05) is 58.4 Å². The van der Waals surface area contributed by atoms with Crippen LogP contribution in [0.25, 0.3) is 109 Å². The predicted octanol–water partition coefficient (Wildman–Crippen LogP) is 12.7. The van der Waals surface area contributed by atoms with Crippen molar-refractivity contribution in [3.8, 4) is 45.3 Å². The van der Waals surface area contributed by atoms with E-state index in [-0.39, 0.29) is 75.4 Å². The summed E-state index contributed by atoms with van der Waals surface area (Å²) in [5, 5.41) is 4.45. The van der Waals surface area contributed by atoms with Crippen molar-refractivity contribution in [2.24, 2.45) is 0 Å². The Labute approximate surface area is 303 Å². The van der Waals surface area contributed by atoms with Gasteiger partial charge in [-0.05, 0) is 59.6 Å². The van der Waals surface area contributed by atoms with Crippen LogP contribution < -0.4 is 0 Å². The zero-order valence-corrected chi connectivity index (χ0v) is 27.4. The summed E-state index contributed by atoms with van der Waals surface area (Å²) in [6.07, 6.45) is 0. The Morgan fingerprint density at radius 2 is 1.14 bits per heavy atom. The molecule has 0 aliphatic heterocycles. The van der Waals surface area contributed by atoms with Gasteiger partial charge in [-0.15, -0.1) is 11.3 Å². The van der Waals surface area contributed by atoms with Gasteiger partial charge >= 0.3 is 0 Å². The molecule has 0 spiro atoms. The molecule has 0 unspecified atom stereocenters. The fourth-order valence-electron chi connectivity index (χ4n) is 6.86. The van der Waals surface area contributed by atoms with E-state index in [9.17, 15) is 4.11 Å². The van der Waals surface area contributed by atoms with E-state index in [1.54, 1.807) is 11.3 Å². The second-order valence-electron chi connectivity index (χ2n) is 12.3. The molecule has 0 saturated carbocycles. The van der Waals surface area contributed by atoms with Crippen LogP contribution in [0.15, 0.2) is 160 Å². The maximum Gasteiger partial charge on any atom is 0.164 e. The van der Waals surface area contributed by atoms with Crippen LogP contribution in [0.2, 0.25) is 0 Å². The number of hydrogen-bond donors (Lipinski definition) is 0. The molecule has 0 saturated heterocycles. The van der Waals surface area contributed by atoms with Crippen molar-refractivity contribution in [2.75, 3.05) is 0 Å². The number of fused-ring (bicyclic) bond motifs is 9. The van der Waals surface area contributed by atoms with Gasteiger partial charge in [-0.1, -0.05) is 103 Å². The fraction of sp³-hybridized carbons (Fsp3) is 0. The molecule has 11 aromatic rings. The standard InChI is InChI=1S/C45H25N3O2S/c1-2-9-26(10-3-1)43-46-44(28-18-20-32-31-11-4-6-14-36(31)49-38(32)23-28)48-45(47-43)29-19-22-35-39(24-29)50-37-15-8-13-30(42(35)37)27-17-21-34-33-12-5-7-16-40(33)51-41(34)25-27/h1-25H/i8D,13D,15D,19D,22D,24D. The van der Waals surface area contributed by atoms with E-state index in [1.165, 1.54) is 0 Å². The average molecular weight is 678 g/mol. The Morgan fingerprint density at radius 1 is 0.451 bits per heavy atom. The van der Waals surface area contributed by atoms with Crippen molar-refractivity contribution in [2.45, 2.75) is 0 Å². The first-order valence-corrected chi connectivity index (χ1v) is 17.2. The van der Waals surface area contributed by atoms with Gasteiger partial charge in [-0.25, -0.2) is 15.0 Å². The molecule has 7 aromatic carbocycles. The van der Waals surface area contributed by atoms with Gasteiger partial charge in [0.15, 0.2) is 17.5 Å². The lowest BCUT2D eigenvalue weighted by molar-refractivity contribution is 0.668. The molecule has 4 heterocycles. The molecule has 0 aliphatic rings. The van der Waals surface area contributed by atoms with Crippen LogP contribution in [-0.2, 0) is 0 Å². The van der Waals surface area contributed by atoms with Gasteiger partial charge in [0.25, 0.3) is 0 Å². The number of thiophene rings is 1. The van der Waals surface area contributed by atoms with Gasteiger partial charge in [0.2, 0.25) is 0 Å². The third kappa shape index (κ3) is 4.50. The molecule has 0 radical (unpaired) electrons. The lowest BCUT2D eigenvalue weighted by Crippen LogP contribution is -2.00. The van der Waals surface area contributed by atoms with Gasteiger partial charge in [-0.2, -0.15) is 0 Å². The minimum Gasteiger partial charge on any atom is -0.456 e. The summed E-state index contributed by atoms with van der Waals surface area (Å²) in [6, 6.07) is 35.0. The number of aromatic nitrogens is 3. The third-order valence-electron chi connectivity index (χ3n) is 9.27. The lowest BCUT2D eigenvalue weighted by Gasteiger charge is -2.08. The molecule has 0 N–H and O–H groups in total. The van der Waals surface area contributed by atoms with Crippen molar-refractivity contribution in [1.82, 2.24) is 15.0 Å². The Morgan fingerprint density at radius 3 is 2.04 bits per heavy atom. The van der Waals surface area contributed by atoms with E-state index in [0.717, 1.165) is 36.5 Å². The molecule has 0 fully saturated rings. The third-order valence-corrected chi connectivity index (χ3v) is 10.4. The molecule has 4 aromatic heterocycles. The molecule has 238 valence electrons. The first kappa shape index (κ1) is 22.9. The number of rotatable bonds is 4. The SMILES string of the molecule is [2H]c1c([2H])c(-c2ccc3c(c2)sc2ccccc23)c2c(oc3c([2H])c(-c4nc(-c5ccccc5)nc(-c5ccc6c(c5)oc5ccccc56)n4)c([2H])c([2H])c32)c1[2H]. The normalized spacial score (nSPS) is 13.6. The van der Waals surface area contributed by atoms with E-state index in [2.05, 4.69) is 12.1 Å². The summed E-state index contributed by atoms with van der Waals surface area (Å²) >= 11 is 1.61. The van der Waals surface area contributed by atoms with Gasteiger partial charge in [-0.3, -0.25) is 0 Å². The summed E-state index contributed by atoms with van der Waals surface area (Å²) in [4.78, 5) is 14.4. The van der Waals surface area contributed by atoms with Crippen molar-refractivity contribution >= 4 is 75.4 Å². The highest BCUT2D eigenvalue weighted by Gasteiger charge is 2.18. The average Bonchev–Trinajstić information content (AvgIpc) is 3.94. The maximum absolute atomic E-state index is 9.52. The summed E-state index contributed by atoms with van der Waals surface area (Å²) < 4.78 is 69.6. The Hall–Kier alpha value is -6.63. The van der Waals surface area contributed by atoms with Crippen LogP contribution in [0.1, 0.15) is 8.22 Å². The second kappa shape index (κ2) is 10.9. The zero-order valence-electron chi connectivity index (χ0n) is 32.5. The maximum atomic E-state index is 9.52. The summed E-state index contributed by atoms with van der Waals surface area (Å²) in [7, 11) is 0. The number of benzene rings is 7. The van der Waals surface area contributed by atoms with E-state index >= 15 is 0 Å². The van der Waals surface area contributed by atoms with E-state index in [1.807, 2.05) is 103 Å². The van der Waals surface area contributed by atoms with Crippen LogP contribution in [0.4, 0.5) is 0 Å². The smallest absolute Gasteiger partial charge is 0.164 e. The number of furan rings is 2. The highest BCUT2D eigenvalue weighted by molar-refractivity contribution is 7.25. The van der Waals surface area contributed by atoms with Crippen LogP contribution in [0.5, 0.6) is 0 Å². The quantitative estimate of drug-likeness (QED) is 0.185. The van der Waals surface area contributed by atoms with Crippen molar-refractivity contribution in [3.05, 3.63) is 152 Å². The Bertz CT molecular complexity index is 3510. The summed E-state index contributed by atoms with van der Waals surface area (Å²) in [5.41, 5.74) is 3.48. The highest BCUT2D eigenvalue weighted by atomic mass is 32.1. The monoisotopic (exact) mass is 677 g/mol. The molecule has 0 aliphatic carbocycles. The van der Waals surface area contributed by atoms with Crippen molar-refractivity contribution in [1.29, 1.82) is 0 Å². The minimum atomic E-state index is -0.339. The van der Waals surface area contributed by atoms with Gasteiger partial charge in [0.05, 0.1) is 8.22 Å². The van der Waals surface area contributed by atoms with Crippen LogP contribution in [0.3, 0.4) is 0 Å². The second-order valence-corrected chi connectivity index (χ2v) is 13.4. The highest BCUT2D eigenvalue weighted by Crippen LogP contribution is 2.41. The Balaban J connectivity index is 1.15. The zero-order chi connectivity index (χ0) is 38.7. The molecular formula is C45H25N3O2S. The fourth-order valence-corrected chi connectivity index (χ4v) is 8.00.